The third-order valence-electron chi connectivity index (χ3n) is 5.55. The van der Waals surface area contributed by atoms with Gasteiger partial charge in [-0.1, -0.05) is 55.5 Å². The minimum Gasteiger partial charge on any atom is -0.480 e. The van der Waals surface area contributed by atoms with Gasteiger partial charge in [0.1, 0.15) is 19.2 Å². The molecular formula is C24H28N2O5S. The van der Waals surface area contributed by atoms with Crippen LogP contribution in [0.3, 0.4) is 0 Å². The van der Waals surface area contributed by atoms with E-state index >= 15 is 0 Å². The van der Waals surface area contributed by atoms with E-state index in [4.69, 9.17) is 9.84 Å². The maximum Gasteiger partial charge on any atom is 0.407 e. The zero-order chi connectivity index (χ0) is 23.1. The van der Waals surface area contributed by atoms with Gasteiger partial charge in [0, 0.05) is 18.2 Å². The van der Waals surface area contributed by atoms with E-state index in [-0.39, 0.29) is 12.5 Å². The lowest BCUT2D eigenvalue weighted by atomic mass is 9.98. The predicted molar refractivity (Wildman–Crippen MR) is 125 cm³/mol. The quantitative estimate of drug-likeness (QED) is 0.567. The SMILES string of the molecule is CCC(NC(=O)OCC1c2ccccc2-c2ccccc21)C(=O)N(CCSC)CC(=O)O. The van der Waals surface area contributed by atoms with Crippen molar-refractivity contribution in [1.29, 1.82) is 0 Å². The molecule has 0 bridgehead atoms. The Morgan fingerprint density at radius 2 is 1.69 bits per heavy atom. The molecule has 1 unspecified atom stereocenters. The number of carboxylic acids is 1. The minimum atomic E-state index is -1.09. The predicted octanol–water partition coefficient (Wildman–Crippen LogP) is 3.58. The first-order valence-electron chi connectivity index (χ1n) is 10.6. The third-order valence-corrected chi connectivity index (χ3v) is 6.14. The van der Waals surface area contributed by atoms with Crippen LogP contribution in [-0.4, -0.2) is 65.7 Å². The molecule has 170 valence electrons. The van der Waals surface area contributed by atoms with Crippen LogP contribution in [-0.2, 0) is 14.3 Å². The molecule has 0 saturated heterocycles. The van der Waals surface area contributed by atoms with E-state index in [1.807, 2.05) is 42.7 Å². The summed E-state index contributed by atoms with van der Waals surface area (Å²) in [7, 11) is 0. The molecule has 0 saturated carbocycles. The Morgan fingerprint density at radius 3 is 2.22 bits per heavy atom. The number of carboxylic acid groups (broad SMARTS) is 1. The van der Waals surface area contributed by atoms with E-state index in [1.54, 1.807) is 6.92 Å². The Kier molecular flexibility index (Phi) is 8.16. The van der Waals surface area contributed by atoms with E-state index in [9.17, 15) is 14.4 Å². The van der Waals surface area contributed by atoms with Gasteiger partial charge in [0.2, 0.25) is 5.91 Å². The summed E-state index contributed by atoms with van der Waals surface area (Å²) in [4.78, 5) is 37.8. The lowest BCUT2D eigenvalue weighted by Crippen LogP contribution is -2.50. The van der Waals surface area contributed by atoms with E-state index in [0.29, 0.717) is 18.7 Å². The van der Waals surface area contributed by atoms with Gasteiger partial charge in [-0.2, -0.15) is 11.8 Å². The summed E-state index contributed by atoms with van der Waals surface area (Å²) in [5.74, 6) is -0.970. The third kappa shape index (κ3) is 5.43. The lowest BCUT2D eigenvalue weighted by Gasteiger charge is -2.26. The van der Waals surface area contributed by atoms with Crippen LogP contribution in [0.5, 0.6) is 0 Å². The fourth-order valence-electron chi connectivity index (χ4n) is 3.97. The molecule has 8 heteroatoms. The Bertz CT molecular complexity index is 935. The van der Waals surface area contributed by atoms with E-state index in [0.717, 1.165) is 22.3 Å². The van der Waals surface area contributed by atoms with E-state index < -0.39 is 30.6 Å². The molecule has 0 heterocycles. The molecule has 1 atom stereocenters. The van der Waals surface area contributed by atoms with Crippen LogP contribution < -0.4 is 5.32 Å². The topological polar surface area (TPSA) is 95.9 Å². The smallest absolute Gasteiger partial charge is 0.407 e. The van der Waals surface area contributed by atoms with Crippen molar-refractivity contribution in [2.75, 3.05) is 31.7 Å². The second-order valence-corrected chi connectivity index (χ2v) is 8.56. The highest BCUT2D eigenvalue weighted by molar-refractivity contribution is 7.98. The van der Waals surface area contributed by atoms with E-state index in [2.05, 4.69) is 17.4 Å². The first-order valence-corrected chi connectivity index (χ1v) is 12.0. The summed E-state index contributed by atoms with van der Waals surface area (Å²) in [6.45, 7) is 1.81. The monoisotopic (exact) mass is 456 g/mol. The van der Waals surface area contributed by atoms with Crippen molar-refractivity contribution in [2.45, 2.75) is 25.3 Å². The number of hydrogen-bond acceptors (Lipinski definition) is 5. The fourth-order valence-corrected chi connectivity index (χ4v) is 4.38. The van der Waals surface area contributed by atoms with Crippen LogP contribution in [0.15, 0.2) is 48.5 Å². The van der Waals surface area contributed by atoms with Gasteiger partial charge in [-0.15, -0.1) is 0 Å². The van der Waals surface area contributed by atoms with Gasteiger partial charge in [-0.25, -0.2) is 4.79 Å². The summed E-state index contributed by atoms with van der Waals surface area (Å²) in [5.41, 5.74) is 4.48. The molecule has 32 heavy (non-hydrogen) atoms. The minimum absolute atomic E-state index is 0.0750. The van der Waals surface area contributed by atoms with Crippen molar-refractivity contribution in [3.8, 4) is 11.1 Å². The van der Waals surface area contributed by atoms with Gasteiger partial charge in [0.05, 0.1) is 0 Å². The fraction of sp³-hybridized carbons (Fsp3) is 0.375. The molecule has 1 aliphatic carbocycles. The van der Waals surface area contributed by atoms with Crippen LogP contribution >= 0.6 is 11.8 Å². The molecule has 0 radical (unpaired) electrons. The first-order chi connectivity index (χ1) is 15.5. The van der Waals surface area contributed by atoms with E-state index in [1.165, 1.54) is 16.7 Å². The second kappa shape index (κ2) is 11.0. The molecule has 2 N–H and O–H groups in total. The largest absolute Gasteiger partial charge is 0.480 e. The zero-order valence-corrected chi connectivity index (χ0v) is 19.1. The van der Waals surface area contributed by atoms with Crippen molar-refractivity contribution in [1.82, 2.24) is 10.2 Å². The molecule has 0 fully saturated rings. The number of hydrogen-bond donors (Lipinski definition) is 2. The summed E-state index contributed by atoms with van der Waals surface area (Å²) in [6, 6.07) is 15.3. The van der Waals surface area contributed by atoms with Crippen LogP contribution in [0.1, 0.15) is 30.4 Å². The summed E-state index contributed by atoms with van der Waals surface area (Å²) >= 11 is 1.52. The van der Waals surface area contributed by atoms with Gasteiger partial charge in [0.15, 0.2) is 0 Å². The molecule has 0 aromatic heterocycles. The van der Waals surface area contributed by atoms with Crippen LogP contribution in [0.2, 0.25) is 0 Å². The maximum absolute atomic E-state index is 12.8. The van der Waals surface area contributed by atoms with Crippen molar-refractivity contribution in [3.05, 3.63) is 59.7 Å². The molecular weight excluding hydrogens is 428 g/mol. The number of thioether (sulfide) groups is 1. The lowest BCUT2D eigenvalue weighted by molar-refractivity contribution is -0.145. The van der Waals surface area contributed by atoms with Crippen molar-refractivity contribution in [3.63, 3.8) is 0 Å². The van der Waals surface area contributed by atoms with Crippen molar-refractivity contribution < 1.29 is 24.2 Å². The van der Waals surface area contributed by atoms with Crippen molar-refractivity contribution >= 4 is 29.7 Å². The van der Waals surface area contributed by atoms with Crippen molar-refractivity contribution in [2.24, 2.45) is 0 Å². The number of nitrogens with zero attached hydrogens (tertiary/aromatic N) is 1. The van der Waals surface area contributed by atoms with Crippen LogP contribution in [0.25, 0.3) is 11.1 Å². The summed E-state index contributed by atoms with van der Waals surface area (Å²) < 4.78 is 5.52. The zero-order valence-electron chi connectivity index (χ0n) is 18.2. The standard InChI is InChI=1S/C24H28N2O5S/c1-3-21(23(29)26(12-13-32-2)14-22(27)28)25-24(30)31-15-20-18-10-6-4-8-16(18)17-9-5-7-11-19(17)20/h4-11,20-21H,3,12-15H2,1-2H3,(H,25,30)(H,27,28). The van der Waals surface area contributed by atoms with Gasteiger partial charge in [-0.3, -0.25) is 9.59 Å². The summed E-state index contributed by atoms with van der Waals surface area (Å²) in [5, 5.41) is 11.7. The number of rotatable bonds is 10. The molecule has 7 nitrogen and oxygen atoms in total. The van der Waals surface area contributed by atoms with Gasteiger partial charge in [-0.05, 0) is 34.9 Å². The van der Waals surface area contributed by atoms with Gasteiger partial charge in [0.25, 0.3) is 0 Å². The molecule has 1 aliphatic rings. The Morgan fingerprint density at radius 1 is 1.09 bits per heavy atom. The second-order valence-electron chi connectivity index (χ2n) is 7.58. The average molecular weight is 457 g/mol. The maximum atomic E-state index is 12.8. The number of carbonyl (C=O) groups is 3. The number of alkyl carbamates (subject to hydrolysis) is 1. The Labute approximate surface area is 192 Å². The number of aliphatic carboxylic acids is 1. The number of nitrogens with one attached hydrogen (secondary N) is 1. The number of benzene rings is 2. The number of carbonyl (C=O) groups excluding carboxylic acids is 2. The highest BCUT2D eigenvalue weighted by Gasteiger charge is 2.30. The summed E-state index contributed by atoms with van der Waals surface area (Å²) in [6.07, 6.45) is 1.53. The number of fused-ring (bicyclic) bond motifs is 3. The average Bonchev–Trinajstić information content (AvgIpc) is 3.12. The normalized spacial score (nSPS) is 13.1. The Balaban J connectivity index is 1.64. The molecule has 2 aromatic rings. The Hall–Kier alpha value is -3.00. The molecule has 0 aliphatic heterocycles. The molecule has 3 rings (SSSR count). The molecule has 2 aromatic carbocycles. The van der Waals surface area contributed by atoms with Crippen LogP contribution in [0, 0.1) is 0 Å². The highest BCUT2D eigenvalue weighted by Crippen LogP contribution is 2.44. The first kappa shape index (κ1) is 23.7. The number of amides is 2. The van der Waals surface area contributed by atoms with Gasteiger partial charge < -0.3 is 20.1 Å². The highest BCUT2D eigenvalue weighted by atomic mass is 32.2. The number of ether oxygens (including phenoxy) is 1. The molecule has 2 amide bonds. The van der Waals surface area contributed by atoms with Gasteiger partial charge >= 0.3 is 12.1 Å². The molecule has 0 spiro atoms. The van der Waals surface area contributed by atoms with Crippen LogP contribution in [0.4, 0.5) is 4.79 Å².